The first kappa shape index (κ1) is 22.2. The van der Waals surface area contributed by atoms with Gasteiger partial charge in [0, 0.05) is 48.3 Å². The molecule has 7 heteroatoms. The molecule has 0 aromatic heterocycles. The second kappa shape index (κ2) is 11.0. The highest BCUT2D eigenvalue weighted by molar-refractivity contribution is 6.30. The Hall–Kier alpha value is -2.54. The first-order chi connectivity index (χ1) is 14.5. The molecule has 1 saturated heterocycles. The molecule has 1 fully saturated rings. The van der Waals surface area contributed by atoms with Crippen molar-refractivity contribution in [2.45, 2.75) is 12.8 Å². The number of non-ortho nitro benzene ring substituents is 1. The second-order valence-corrected chi connectivity index (χ2v) is 7.88. The molecule has 1 heterocycles. The van der Waals surface area contributed by atoms with Crippen LogP contribution < -0.4 is 5.32 Å². The molecule has 1 aliphatic heterocycles. The summed E-state index contributed by atoms with van der Waals surface area (Å²) in [4.78, 5) is 25.2. The number of nitrogens with one attached hydrogen (secondary N) is 1. The Balaban J connectivity index is 1.31. The molecule has 0 spiro atoms. The number of nitro benzene ring substituents is 1. The van der Waals surface area contributed by atoms with Gasteiger partial charge in [0.05, 0.1) is 4.92 Å². The van der Waals surface area contributed by atoms with Crippen LogP contribution in [0.2, 0.25) is 5.02 Å². The normalized spacial score (nSPS) is 15.5. The van der Waals surface area contributed by atoms with Gasteiger partial charge in [-0.05, 0) is 67.9 Å². The van der Waals surface area contributed by atoms with Gasteiger partial charge in [0.2, 0.25) is 0 Å². The van der Waals surface area contributed by atoms with Crippen LogP contribution in [0.4, 0.5) is 5.69 Å². The van der Waals surface area contributed by atoms with E-state index in [1.807, 2.05) is 24.3 Å². The van der Waals surface area contributed by atoms with Gasteiger partial charge < -0.3 is 10.2 Å². The van der Waals surface area contributed by atoms with Crippen LogP contribution in [-0.4, -0.2) is 48.3 Å². The third kappa shape index (κ3) is 6.49. The van der Waals surface area contributed by atoms with Gasteiger partial charge >= 0.3 is 0 Å². The number of piperidine rings is 1. The molecule has 30 heavy (non-hydrogen) atoms. The molecular weight excluding hydrogens is 402 g/mol. The molecule has 2 aromatic carbocycles. The maximum absolute atomic E-state index is 12.6. The monoisotopic (exact) mass is 427 g/mol. The van der Waals surface area contributed by atoms with Crippen LogP contribution in [0.15, 0.2) is 54.6 Å². The summed E-state index contributed by atoms with van der Waals surface area (Å²) in [6.07, 6.45) is 5.74. The van der Waals surface area contributed by atoms with Crippen molar-refractivity contribution in [1.82, 2.24) is 10.2 Å². The number of hydrogen-bond donors (Lipinski definition) is 1. The average Bonchev–Trinajstić information content (AvgIpc) is 2.77. The molecule has 0 amide bonds. The van der Waals surface area contributed by atoms with Gasteiger partial charge in [0.15, 0.2) is 5.78 Å². The average molecular weight is 428 g/mol. The van der Waals surface area contributed by atoms with E-state index >= 15 is 0 Å². The third-order valence-corrected chi connectivity index (χ3v) is 5.62. The predicted octanol–water partition coefficient (Wildman–Crippen LogP) is 4.45. The van der Waals surface area contributed by atoms with E-state index in [1.54, 1.807) is 24.3 Å². The Morgan fingerprint density at radius 2 is 1.80 bits per heavy atom. The molecule has 0 aliphatic carbocycles. The van der Waals surface area contributed by atoms with Crippen molar-refractivity contribution in [1.29, 1.82) is 0 Å². The fourth-order valence-electron chi connectivity index (χ4n) is 3.59. The first-order valence-electron chi connectivity index (χ1n) is 10.2. The molecular formula is C23H26ClN3O3. The van der Waals surface area contributed by atoms with Crippen LogP contribution in [0.25, 0.3) is 6.08 Å². The molecule has 1 N–H and O–H groups in total. The number of ketones is 1. The summed E-state index contributed by atoms with van der Waals surface area (Å²) >= 11 is 5.90. The molecule has 158 valence electrons. The zero-order chi connectivity index (χ0) is 21.3. The van der Waals surface area contributed by atoms with Gasteiger partial charge in [-0.3, -0.25) is 14.9 Å². The lowest BCUT2D eigenvalue weighted by Crippen LogP contribution is -2.40. The molecule has 3 rings (SSSR count). The van der Waals surface area contributed by atoms with Gasteiger partial charge in [0.25, 0.3) is 5.69 Å². The molecule has 2 aromatic rings. The highest BCUT2D eigenvalue weighted by Crippen LogP contribution is 2.22. The van der Waals surface area contributed by atoms with E-state index in [-0.39, 0.29) is 17.4 Å². The Labute approximate surface area is 181 Å². The lowest BCUT2D eigenvalue weighted by Gasteiger charge is -2.31. The Morgan fingerprint density at radius 1 is 1.13 bits per heavy atom. The number of benzene rings is 2. The van der Waals surface area contributed by atoms with Crippen LogP contribution in [0, 0.1) is 16.0 Å². The van der Waals surface area contributed by atoms with Crippen LogP contribution in [0.1, 0.15) is 28.8 Å². The van der Waals surface area contributed by atoms with E-state index in [0.717, 1.165) is 56.7 Å². The van der Waals surface area contributed by atoms with Crippen LogP contribution in [0.3, 0.4) is 0 Å². The number of halogens is 1. The van der Waals surface area contributed by atoms with Crippen molar-refractivity contribution in [3.63, 3.8) is 0 Å². The lowest BCUT2D eigenvalue weighted by atomic mass is 9.89. The summed E-state index contributed by atoms with van der Waals surface area (Å²) in [6, 6.07) is 13.7. The topological polar surface area (TPSA) is 75.5 Å². The van der Waals surface area contributed by atoms with Crippen molar-refractivity contribution < 1.29 is 9.72 Å². The zero-order valence-corrected chi connectivity index (χ0v) is 17.6. The third-order valence-electron chi connectivity index (χ3n) is 5.37. The van der Waals surface area contributed by atoms with Crippen molar-refractivity contribution in [2.75, 3.05) is 32.7 Å². The molecule has 0 atom stereocenters. The summed E-state index contributed by atoms with van der Waals surface area (Å²) in [5, 5.41) is 14.7. The van der Waals surface area contributed by atoms with Crippen molar-refractivity contribution in [3.8, 4) is 0 Å². The van der Waals surface area contributed by atoms with E-state index in [2.05, 4.69) is 10.2 Å². The van der Waals surface area contributed by atoms with Crippen molar-refractivity contribution in [2.24, 2.45) is 5.92 Å². The maximum atomic E-state index is 12.6. The van der Waals surface area contributed by atoms with E-state index < -0.39 is 4.92 Å². The summed E-state index contributed by atoms with van der Waals surface area (Å²) < 4.78 is 0. The highest BCUT2D eigenvalue weighted by atomic mass is 35.5. The lowest BCUT2D eigenvalue weighted by molar-refractivity contribution is -0.384. The molecule has 6 nitrogen and oxygen atoms in total. The number of hydrogen-bond acceptors (Lipinski definition) is 5. The minimum Gasteiger partial charge on any atom is -0.312 e. The number of carbonyl (C=O) groups excluding carboxylic acids is 1. The van der Waals surface area contributed by atoms with Crippen LogP contribution in [0.5, 0.6) is 0 Å². The van der Waals surface area contributed by atoms with E-state index in [4.69, 9.17) is 11.6 Å². The fourth-order valence-corrected chi connectivity index (χ4v) is 3.72. The minimum absolute atomic E-state index is 0.0972. The van der Waals surface area contributed by atoms with Gasteiger partial charge in [-0.15, -0.1) is 0 Å². The van der Waals surface area contributed by atoms with E-state index in [0.29, 0.717) is 5.02 Å². The number of nitrogens with zero attached hydrogens (tertiary/aromatic N) is 2. The summed E-state index contributed by atoms with van der Waals surface area (Å²) in [6.45, 7) is 4.44. The molecule has 0 radical (unpaired) electrons. The molecule has 0 saturated carbocycles. The number of rotatable bonds is 9. The molecule has 1 aliphatic rings. The SMILES string of the molecule is O=C(c1ccc(Cl)cc1)C1CCN(CCNC/C=C/c2ccc([N+](=O)[O-])cc2)CC1. The van der Waals surface area contributed by atoms with Gasteiger partial charge in [-0.1, -0.05) is 23.8 Å². The van der Waals surface area contributed by atoms with E-state index in [1.165, 1.54) is 12.1 Å². The van der Waals surface area contributed by atoms with Crippen molar-refractivity contribution in [3.05, 3.63) is 80.9 Å². The standard InChI is InChI=1S/C23H26ClN3O3/c24-21-7-5-19(6-8-21)23(28)20-11-15-26(16-12-20)17-14-25-13-1-2-18-3-9-22(10-4-18)27(29)30/h1-10,20,25H,11-17H2/b2-1+. The summed E-state index contributed by atoms with van der Waals surface area (Å²) in [5.41, 5.74) is 1.79. The van der Waals surface area contributed by atoms with E-state index in [9.17, 15) is 14.9 Å². The van der Waals surface area contributed by atoms with Crippen LogP contribution in [-0.2, 0) is 0 Å². The Morgan fingerprint density at radius 3 is 2.43 bits per heavy atom. The predicted molar refractivity (Wildman–Crippen MR) is 120 cm³/mol. The fraction of sp³-hybridized carbons (Fsp3) is 0.348. The van der Waals surface area contributed by atoms with Gasteiger partial charge in [-0.2, -0.15) is 0 Å². The largest absolute Gasteiger partial charge is 0.312 e. The summed E-state index contributed by atoms with van der Waals surface area (Å²) in [5.74, 6) is 0.320. The second-order valence-electron chi connectivity index (χ2n) is 7.44. The zero-order valence-electron chi connectivity index (χ0n) is 16.8. The number of likely N-dealkylation sites (tertiary alicyclic amines) is 1. The van der Waals surface area contributed by atoms with Crippen molar-refractivity contribution >= 4 is 29.1 Å². The Bertz CT molecular complexity index is 874. The molecule has 0 bridgehead atoms. The van der Waals surface area contributed by atoms with Crippen LogP contribution >= 0.6 is 11.6 Å². The highest BCUT2D eigenvalue weighted by Gasteiger charge is 2.25. The first-order valence-corrected chi connectivity index (χ1v) is 10.5. The van der Waals surface area contributed by atoms with Gasteiger partial charge in [0.1, 0.15) is 0 Å². The minimum atomic E-state index is -0.397. The van der Waals surface area contributed by atoms with Gasteiger partial charge in [-0.25, -0.2) is 0 Å². The number of nitro groups is 1. The quantitative estimate of drug-likeness (QED) is 0.277. The summed E-state index contributed by atoms with van der Waals surface area (Å²) in [7, 11) is 0. The number of Topliss-reactive ketones (excluding diaryl/α,β-unsaturated/α-hetero) is 1. The number of carbonyl (C=O) groups is 1. The molecule has 0 unspecified atom stereocenters. The Kier molecular flexibility index (Phi) is 8.13. The smallest absolute Gasteiger partial charge is 0.269 e. The maximum Gasteiger partial charge on any atom is 0.269 e.